The summed E-state index contributed by atoms with van der Waals surface area (Å²) >= 11 is 5.06. The molecule has 1 heterocycles. The van der Waals surface area contributed by atoms with Crippen LogP contribution in [0.4, 0.5) is 5.69 Å². The Hall–Kier alpha value is -1.17. The van der Waals surface area contributed by atoms with E-state index in [1.54, 1.807) is 0 Å². The number of nitrogens with zero attached hydrogens (tertiary/aromatic N) is 1. The van der Waals surface area contributed by atoms with Crippen LogP contribution in [-0.2, 0) is 4.74 Å². The average molecular weight is 279 g/mol. The number of hydrogen-bond donors (Lipinski definition) is 2. The Morgan fingerprint density at radius 2 is 2.32 bits per heavy atom. The molecule has 1 aliphatic rings. The molecule has 0 bridgehead atoms. The molecule has 1 aromatic rings. The fourth-order valence-corrected chi connectivity index (χ4v) is 2.45. The van der Waals surface area contributed by atoms with Crippen LogP contribution in [0.1, 0.15) is 12.5 Å². The van der Waals surface area contributed by atoms with E-state index in [0.29, 0.717) is 4.99 Å². The molecule has 0 aromatic heterocycles. The quantitative estimate of drug-likeness (QED) is 0.799. The molecule has 1 atom stereocenters. The van der Waals surface area contributed by atoms with Gasteiger partial charge in [0.25, 0.3) is 0 Å². The minimum Gasteiger partial charge on any atom is -0.389 e. The molecule has 0 saturated carbocycles. The molecule has 0 aliphatic carbocycles. The van der Waals surface area contributed by atoms with E-state index in [2.05, 4.69) is 17.1 Å². The van der Waals surface area contributed by atoms with Crippen molar-refractivity contribution in [3.05, 3.63) is 29.8 Å². The second kappa shape index (κ2) is 6.84. The van der Waals surface area contributed by atoms with Gasteiger partial charge in [-0.25, -0.2) is 0 Å². The van der Waals surface area contributed by atoms with Gasteiger partial charge in [-0.2, -0.15) is 0 Å². The number of hydrogen-bond acceptors (Lipinski definition) is 4. The van der Waals surface area contributed by atoms with E-state index in [1.165, 1.54) is 0 Å². The first-order valence-electron chi connectivity index (χ1n) is 6.67. The van der Waals surface area contributed by atoms with E-state index < -0.39 is 0 Å². The third-order valence-electron chi connectivity index (χ3n) is 3.38. The summed E-state index contributed by atoms with van der Waals surface area (Å²) in [7, 11) is 0. The molecule has 104 valence electrons. The Kier molecular flexibility index (Phi) is 5.13. The van der Waals surface area contributed by atoms with Crippen molar-refractivity contribution in [2.45, 2.75) is 13.0 Å². The Balaban J connectivity index is 1.93. The molecule has 1 unspecified atom stereocenters. The molecule has 4 nitrogen and oxygen atoms in total. The fraction of sp³-hybridized carbons (Fsp3) is 0.500. The van der Waals surface area contributed by atoms with Crippen molar-refractivity contribution >= 4 is 22.9 Å². The predicted molar refractivity (Wildman–Crippen MR) is 82.7 cm³/mol. The van der Waals surface area contributed by atoms with Gasteiger partial charge in [0.05, 0.1) is 12.7 Å². The Bertz CT molecular complexity index is 438. The molecule has 3 N–H and O–H groups in total. The van der Waals surface area contributed by atoms with Crippen LogP contribution in [0.25, 0.3) is 0 Å². The zero-order chi connectivity index (χ0) is 13.7. The van der Waals surface area contributed by atoms with Crippen LogP contribution in [0.2, 0.25) is 0 Å². The maximum atomic E-state index is 5.76. The van der Waals surface area contributed by atoms with Crippen LogP contribution in [0.3, 0.4) is 0 Å². The number of ether oxygens (including phenoxy) is 1. The number of anilines is 1. The van der Waals surface area contributed by atoms with E-state index in [4.69, 9.17) is 22.7 Å². The molecule has 0 amide bonds. The first kappa shape index (κ1) is 14.2. The molecule has 2 rings (SSSR count). The van der Waals surface area contributed by atoms with Crippen molar-refractivity contribution in [1.82, 2.24) is 4.90 Å². The van der Waals surface area contributed by atoms with Crippen molar-refractivity contribution in [3.8, 4) is 0 Å². The number of rotatable bonds is 5. The van der Waals surface area contributed by atoms with Gasteiger partial charge in [0.15, 0.2) is 0 Å². The van der Waals surface area contributed by atoms with Crippen molar-refractivity contribution in [2.75, 3.05) is 38.1 Å². The lowest BCUT2D eigenvalue weighted by Crippen LogP contribution is -2.45. The normalized spacial score (nSPS) is 20.2. The van der Waals surface area contributed by atoms with Crippen LogP contribution < -0.4 is 11.1 Å². The third-order valence-corrected chi connectivity index (χ3v) is 3.60. The van der Waals surface area contributed by atoms with E-state index in [9.17, 15) is 0 Å². The third kappa shape index (κ3) is 3.89. The highest BCUT2D eigenvalue weighted by Crippen LogP contribution is 2.15. The maximum absolute atomic E-state index is 5.76. The first-order valence-corrected chi connectivity index (χ1v) is 7.08. The van der Waals surface area contributed by atoms with Crippen molar-refractivity contribution in [2.24, 2.45) is 5.73 Å². The number of likely N-dealkylation sites (N-methyl/N-ethyl adjacent to an activating group) is 1. The lowest BCUT2D eigenvalue weighted by molar-refractivity contribution is -0.0191. The van der Waals surface area contributed by atoms with Gasteiger partial charge >= 0.3 is 0 Å². The van der Waals surface area contributed by atoms with Gasteiger partial charge in [0.2, 0.25) is 0 Å². The van der Waals surface area contributed by atoms with Crippen molar-refractivity contribution < 1.29 is 4.74 Å². The number of nitrogens with two attached hydrogens (primary N) is 1. The number of benzene rings is 1. The summed E-state index contributed by atoms with van der Waals surface area (Å²) in [6, 6.07) is 7.85. The summed E-state index contributed by atoms with van der Waals surface area (Å²) in [4.78, 5) is 2.82. The second-order valence-corrected chi connectivity index (χ2v) is 5.12. The maximum Gasteiger partial charge on any atom is 0.106 e. The van der Waals surface area contributed by atoms with Crippen LogP contribution in [0.15, 0.2) is 24.3 Å². The highest BCUT2D eigenvalue weighted by Gasteiger charge is 2.19. The smallest absolute Gasteiger partial charge is 0.106 e. The number of para-hydroxylation sites is 1. The van der Waals surface area contributed by atoms with Crippen LogP contribution in [0.5, 0.6) is 0 Å². The Morgan fingerprint density at radius 1 is 1.53 bits per heavy atom. The van der Waals surface area contributed by atoms with Gasteiger partial charge < -0.3 is 15.8 Å². The summed E-state index contributed by atoms with van der Waals surface area (Å²) in [6.07, 6.45) is 0.216. The van der Waals surface area contributed by atoms with E-state index >= 15 is 0 Å². The molecule has 1 fully saturated rings. The molecule has 5 heteroatoms. The largest absolute Gasteiger partial charge is 0.389 e. The number of thiocarbonyl (C=S) groups is 1. The summed E-state index contributed by atoms with van der Waals surface area (Å²) in [6.45, 7) is 6.82. The topological polar surface area (TPSA) is 50.5 Å². The van der Waals surface area contributed by atoms with E-state index in [0.717, 1.165) is 44.0 Å². The highest BCUT2D eigenvalue weighted by molar-refractivity contribution is 7.80. The monoisotopic (exact) mass is 279 g/mol. The number of nitrogens with one attached hydrogen (secondary N) is 1. The summed E-state index contributed by atoms with van der Waals surface area (Å²) < 4.78 is 5.76. The molecule has 1 aromatic carbocycles. The average Bonchev–Trinajstić information content (AvgIpc) is 2.45. The zero-order valence-corrected chi connectivity index (χ0v) is 12.1. The van der Waals surface area contributed by atoms with Gasteiger partial charge in [0.1, 0.15) is 4.99 Å². The van der Waals surface area contributed by atoms with Gasteiger partial charge in [-0.05, 0) is 18.7 Å². The predicted octanol–water partition coefficient (Wildman–Crippen LogP) is 1.45. The van der Waals surface area contributed by atoms with Gasteiger partial charge in [-0.1, -0.05) is 31.3 Å². The molecule has 0 radical (unpaired) electrons. The minimum atomic E-state index is 0.216. The zero-order valence-electron chi connectivity index (χ0n) is 11.3. The molecule has 1 saturated heterocycles. The summed E-state index contributed by atoms with van der Waals surface area (Å²) in [5, 5.41) is 3.39. The SMILES string of the molecule is CCN1CCOC(CNc2ccccc2C(N)=S)C1. The summed E-state index contributed by atoms with van der Waals surface area (Å²) in [5.74, 6) is 0. The van der Waals surface area contributed by atoms with Crippen LogP contribution >= 0.6 is 12.2 Å². The van der Waals surface area contributed by atoms with Gasteiger partial charge in [0, 0.05) is 30.9 Å². The van der Waals surface area contributed by atoms with E-state index in [-0.39, 0.29) is 6.10 Å². The standard InChI is InChI=1S/C14H21N3OS/c1-2-17-7-8-18-11(10-17)9-16-13-6-4-3-5-12(13)14(15)19/h3-6,11,16H,2,7-10H2,1H3,(H2,15,19). The lowest BCUT2D eigenvalue weighted by Gasteiger charge is -2.32. The second-order valence-electron chi connectivity index (χ2n) is 4.68. The molecule has 19 heavy (non-hydrogen) atoms. The highest BCUT2D eigenvalue weighted by atomic mass is 32.1. The number of morpholine rings is 1. The minimum absolute atomic E-state index is 0.216. The van der Waals surface area contributed by atoms with Crippen molar-refractivity contribution in [3.63, 3.8) is 0 Å². The lowest BCUT2D eigenvalue weighted by atomic mass is 10.1. The molecular weight excluding hydrogens is 258 g/mol. The Labute approximate surface area is 119 Å². The van der Waals surface area contributed by atoms with Gasteiger partial charge in [-0.3, -0.25) is 4.90 Å². The van der Waals surface area contributed by atoms with Crippen molar-refractivity contribution in [1.29, 1.82) is 0 Å². The first-order chi connectivity index (χ1) is 9.20. The Morgan fingerprint density at radius 3 is 3.05 bits per heavy atom. The molecule has 1 aliphatic heterocycles. The van der Waals surface area contributed by atoms with E-state index in [1.807, 2.05) is 24.3 Å². The van der Waals surface area contributed by atoms with Gasteiger partial charge in [-0.15, -0.1) is 0 Å². The summed E-state index contributed by atoms with van der Waals surface area (Å²) in [5.41, 5.74) is 7.59. The molecular formula is C14H21N3OS. The van der Waals surface area contributed by atoms with Crippen LogP contribution in [-0.4, -0.2) is 48.8 Å². The fourth-order valence-electron chi connectivity index (χ4n) is 2.27. The van der Waals surface area contributed by atoms with Crippen LogP contribution in [0, 0.1) is 0 Å². The molecule has 0 spiro atoms.